The number of aliphatic imine (C=N–C) groups is 1. The van der Waals surface area contributed by atoms with E-state index in [-0.39, 0.29) is 5.88 Å². The van der Waals surface area contributed by atoms with E-state index in [1.165, 1.54) is 0 Å². The standard InChI is InChI=1S/C30H21Cl2N3O/c1-19-15-23(20(2)35(19)24-13-14-26(31)27(32)16-24)18-34-30-25(17-33)28(21-9-5-3-6-10-21)29(36-30)22-11-7-4-8-12-22/h3-16,18H,1-2H3. The minimum absolute atomic E-state index is 0.273. The molecule has 0 saturated carbocycles. The first-order valence-electron chi connectivity index (χ1n) is 11.3. The molecular weight excluding hydrogens is 489 g/mol. The van der Waals surface area contributed by atoms with Gasteiger partial charge in [-0.3, -0.25) is 0 Å². The Balaban J connectivity index is 1.61. The van der Waals surface area contributed by atoms with Crippen LogP contribution in [0.3, 0.4) is 0 Å². The molecule has 4 nitrogen and oxygen atoms in total. The number of nitriles is 1. The lowest BCUT2D eigenvalue weighted by Gasteiger charge is -2.10. The maximum Gasteiger partial charge on any atom is 0.238 e. The van der Waals surface area contributed by atoms with Gasteiger partial charge >= 0.3 is 0 Å². The Morgan fingerprint density at radius 2 is 1.53 bits per heavy atom. The molecule has 176 valence electrons. The van der Waals surface area contributed by atoms with E-state index in [0.717, 1.165) is 39.3 Å². The van der Waals surface area contributed by atoms with Gasteiger partial charge in [-0.15, -0.1) is 0 Å². The second-order valence-corrected chi connectivity index (χ2v) is 9.16. The minimum Gasteiger partial charge on any atom is -0.436 e. The second-order valence-electron chi connectivity index (χ2n) is 8.35. The van der Waals surface area contributed by atoms with Crippen LogP contribution in [0.25, 0.3) is 28.1 Å². The summed E-state index contributed by atoms with van der Waals surface area (Å²) in [6, 6.07) is 29.4. The van der Waals surface area contributed by atoms with Crippen LogP contribution in [0.15, 0.2) is 94.3 Å². The van der Waals surface area contributed by atoms with Gasteiger partial charge < -0.3 is 8.98 Å². The first-order chi connectivity index (χ1) is 17.5. The summed E-state index contributed by atoms with van der Waals surface area (Å²) in [6.45, 7) is 4.02. The molecule has 0 N–H and O–H groups in total. The van der Waals surface area contributed by atoms with Crippen molar-refractivity contribution in [3.8, 4) is 34.2 Å². The Labute approximate surface area is 219 Å². The van der Waals surface area contributed by atoms with E-state index in [1.807, 2.05) is 92.7 Å². The van der Waals surface area contributed by atoms with Gasteiger partial charge in [-0.25, -0.2) is 4.99 Å². The first kappa shape index (κ1) is 23.7. The van der Waals surface area contributed by atoms with Crippen LogP contribution in [0.4, 0.5) is 5.88 Å². The lowest BCUT2D eigenvalue weighted by Crippen LogP contribution is -1.99. The van der Waals surface area contributed by atoms with Crippen LogP contribution in [-0.2, 0) is 0 Å². The van der Waals surface area contributed by atoms with Gasteiger partial charge in [0.2, 0.25) is 5.88 Å². The number of hydrogen-bond donors (Lipinski definition) is 0. The van der Waals surface area contributed by atoms with Gasteiger partial charge in [0.25, 0.3) is 0 Å². The molecule has 2 aromatic heterocycles. The number of nitrogens with zero attached hydrogens (tertiary/aromatic N) is 3. The number of rotatable bonds is 5. The monoisotopic (exact) mass is 509 g/mol. The Kier molecular flexibility index (Phi) is 6.52. The zero-order chi connectivity index (χ0) is 25.2. The quantitative estimate of drug-likeness (QED) is 0.222. The molecule has 0 amide bonds. The molecule has 0 radical (unpaired) electrons. The predicted octanol–water partition coefficient (Wildman–Crippen LogP) is 8.95. The van der Waals surface area contributed by atoms with Crippen molar-refractivity contribution >= 4 is 35.3 Å². The SMILES string of the molecule is Cc1cc(C=Nc2oc(-c3ccccc3)c(-c3ccccc3)c2C#N)c(C)n1-c1ccc(Cl)c(Cl)c1. The van der Waals surface area contributed by atoms with Crippen molar-refractivity contribution in [1.29, 1.82) is 5.26 Å². The van der Waals surface area contributed by atoms with E-state index in [2.05, 4.69) is 15.6 Å². The summed E-state index contributed by atoms with van der Waals surface area (Å²) in [5.41, 5.74) is 6.72. The molecule has 0 bridgehead atoms. The molecule has 0 saturated heterocycles. The molecule has 0 unspecified atom stereocenters. The largest absolute Gasteiger partial charge is 0.436 e. The Morgan fingerprint density at radius 1 is 0.861 bits per heavy atom. The molecule has 0 atom stereocenters. The van der Waals surface area contributed by atoms with Gasteiger partial charge in [0.15, 0.2) is 0 Å². The van der Waals surface area contributed by atoms with Crippen molar-refractivity contribution in [2.75, 3.05) is 0 Å². The van der Waals surface area contributed by atoms with Gasteiger partial charge in [-0.1, -0.05) is 83.9 Å². The number of hydrogen-bond acceptors (Lipinski definition) is 3. The van der Waals surface area contributed by atoms with Gasteiger partial charge in [-0.2, -0.15) is 5.26 Å². The maximum absolute atomic E-state index is 10.1. The van der Waals surface area contributed by atoms with E-state index in [4.69, 9.17) is 27.6 Å². The molecule has 5 rings (SSSR count). The summed E-state index contributed by atoms with van der Waals surface area (Å²) in [5, 5.41) is 11.1. The van der Waals surface area contributed by atoms with Crippen molar-refractivity contribution in [3.63, 3.8) is 0 Å². The average molecular weight is 510 g/mol. The molecule has 2 heterocycles. The lowest BCUT2D eigenvalue weighted by atomic mass is 9.98. The second kappa shape index (κ2) is 9.91. The molecule has 5 aromatic rings. The summed E-state index contributed by atoms with van der Waals surface area (Å²) in [4.78, 5) is 4.65. The molecule has 0 aliphatic carbocycles. The van der Waals surface area contributed by atoms with E-state index in [9.17, 15) is 5.26 Å². The predicted molar refractivity (Wildman–Crippen MR) is 147 cm³/mol. The third-order valence-electron chi connectivity index (χ3n) is 6.05. The smallest absolute Gasteiger partial charge is 0.238 e. The van der Waals surface area contributed by atoms with Crippen molar-refractivity contribution < 1.29 is 4.42 Å². The Morgan fingerprint density at radius 3 is 2.17 bits per heavy atom. The molecule has 0 aliphatic rings. The fraction of sp³-hybridized carbons (Fsp3) is 0.0667. The zero-order valence-electron chi connectivity index (χ0n) is 19.7. The molecule has 6 heteroatoms. The van der Waals surface area contributed by atoms with Crippen LogP contribution in [0.5, 0.6) is 0 Å². The van der Waals surface area contributed by atoms with Crippen molar-refractivity contribution in [1.82, 2.24) is 4.57 Å². The Hall–Kier alpha value is -4.04. The highest BCUT2D eigenvalue weighted by Crippen LogP contribution is 2.42. The van der Waals surface area contributed by atoms with Crippen LogP contribution < -0.4 is 0 Å². The normalized spacial score (nSPS) is 11.2. The number of benzene rings is 3. The lowest BCUT2D eigenvalue weighted by molar-refractivity contribution is 0.593. The summed E-state index contributed by atoms with van der Waals surface area (Å²) in [7, 11) is 0. The number of aryl methyl sites for hydroxylation is 1. The topological polar surface area (TPSA) is 54.2 Å². The highest BCUT2D eigenvalue weighted by Gasteiger charge is 2.22. The van der Waals surface area contributed by atoms with Crippen LogP contribution >= 0.6 is 23.2 Å². The summed E-state index contributed by atoms with van der Waals surface area (Å²) >= 11 is 12.4. The van der Waals surface area contributed by atoms with E-state index >= 15 is 0 Å². The number of furan rings is 1. The van der Waals surface area contributed by atoms with Gasteiger partial charge in [0, 0.05) is 40.0 Å². The first-order valence-corrected chi connectivity index (χ1v) is 12.1. The van der Waals surface area contributed by atoms with Gasteiger partial charge in [-0.05, 0) is 43.7 Å². The molecule has 36 heavy (non-hydrogen) atoms. The van der Waals surface area contributed by atoms with Gasteiger partial charge in [0.1, 0.15) is 17.4 Å². The molecule has 0 fully saturated rings. The molecule has 3 aromatic carbocycles. The summed E-state index contributed by atoms with van der Waals surface area (Å²) in [5.74, 6) is 0.890. The fourth-order valence-corrected chi connectivity index (χ4v) is 4.65. The molecular formula is C30H21Cl2N3O. The Bertz CT molecular complexity index is 1620. The van der Waals surface area contributed by atoms with Crippen LogP contribution in [-0.4, -0.2) is 10.8 Å². The molecule has 0 aliphatic heterocycles. The highest BCUT2D eigenvalue weighted by molar-refractivity contribution is 6.42. The average Bonchev–Trinajstić information content (AvgIpc) is 3.41. The van der Waals surface area contributed by atoms with Crippen LogP contribution in [0, 0.1) is 25.2 Å². The van der Waals surface area contributed by atoms with E-state index in [0.29, 0.717) is 21.4 Å². The van der Waals surface area contributed by atoms with Crippen molar-refractivity contribution in [2.24, 2.45) is 4.99 Å². The third-order valence-corrected chi connectivity index (χ3v) is 6.79. The van der Waals surface area contributed by atoms with Crippen molar-refractivity contribution in [2.45, 2.75) is 13.8 Å². The molecule has 0 spiro atoms. The van der Waals surface area contributed by atoms with Crippen molar-refractivity contribution in [3.05, 3.63) is 117 Å². The number of halogens is 2. The third kappa shape index (κ3) is 4.35. The highest BCUT2D eigenvalue weighted by atomic mass is 35.5. The van der Waals surface area contributed by atoms with E-state index in [1.54, 1.807) is 12.3 Å². The van der Waals surface area contributed by atoms with Gasteiger partial charge in [0.05, 0.1) is 10.0 Å². The summed E-state index contributed by atoms with van der Waals surface area (Å²) in [6.07, 6.45) is 1.74. The maximum atomic E-state index is 10.1. The summed E-state index contributed by atoms with van der Waals surface area (Å²) < 4.78 is 8.32. The van der Waals surface area contributed by atoms with E-state index < -0.39 is 0 Å². The number of aromatic nitrogens is 1. The zero-order valence-corrected chi connectivity index (χ0v) is 21.2. The minimum atomic E-state index is 0.273. The van der Waals surface area contributed by atoms with Crippen LogP contribution in [0.1, 0.15) is 22.5 Å². The fourth-order valence-electron chi connectivity index (χ4n) is 4.35. The van der Waals surface area contributed by atoms with Crippen LogP contribution in [0.2, 0.25) is 10.0 Å².